The molecule has 0 aliphatic heterocycles. The summed E-state index contributed by atoms with van der Waals surface area (Å²) in [5.41, 5.74) is 2.16. The van der Waals surface area contributed by atoms with Crippen molar-refractivity contribution in [1.82, 2.24) is 9.97 Å². The Morgan fingerprint density at radius 3 is 2.81 bits per heavy atom. The van der Waals surface area contributed by atoms with Crippen molar-refractivity contribution in [2.75, 3.05) is 4.72 Å². The minimum absolute atomic E-state index is 0.334. The van der Waals surface area contributed by atoms with Gasteiger partial charge in [0.25, 0.3) is 10.0 Å². The number of aromatic nitrogens is 2. The van der Waals surface area contributed by atoms with Crippen LogP contribution in [0, 0.1) is 6.92 Å². The predicted molar refractivity (Wildman–Crippen MR) is 85.3 cm³/mol. The van der Waals surface area contributed by atoms with Crippen molar-refractivity contribution >= 4 is 38.1 Å². The summed E-state index contributed by atoms with van der Waals surface area (Å²) in [5.74, 6) is 0.802. The van der Waals surface area contributed by atoms with Crippen LogP contribution < -0.4 is 4.72 Å². The number of fused-ring (bicyclic) bond motifs is 1. The summed E-state index contributed by atoms with van der Waals surface area (Å²) in [5, 5.41) is 0. The third-order valence-electron chi connectivity index (χ3n) is 3.10. The van der Waals surface area contributed by atoms with E-state index in [1.165, 1.54) is 11.3 Å². The number of H-pyrrole nitrogens is 1. The number of benzene rings is 1. The van der Waals surface area contributed by atoms with Crippen molar-refractivity contribution in [1.29, 1.82) is 0 Å². The van der Waals surface area contributed by atoms with E-state index in [0.717, 1.165) is 28.2 Å². The van der Waals surface area contributed by atoms with E-state index in [2.05, 4.69) is 14.7 Å². The van der Waals surface area contributed by atoms with Crippen molar-refractivity contribution in [3.05, 3.63) is 41.0 Å². The van der Waals surface area contributed by atoms with Gasteiger partial charge in [0.1, 0.15) is 10.0 Å². The van der Waals surface area contributed by atoms with E-state index in [1.807, 2.05) is 19.9 Å². The van der Waals surface area contributed by atoms with E-state index in [-0.39, 0.29) is 0 Å². The Morgan fingerprint density at radius 1 is 1.29 bits per heavy atom. The van der Waals surface area contributed by atoms with Gasteiger partial charge in [0.15, 0.2) is 0 Å². The Bertz CT molecular complexity index is 894. The average molecular weight is 321 g/mol. The molecule has 7 heteroatoms. The van der Waals surface area contributed by atoms with Gasteiger partial charge in [-0.2, -0.15) is 0 Å². The molecule has 3 aromatic rings. The van der Waals surface area contributed by atoms with E-state index in [4.69, 9.17) is 0 Å². The lowest BCUT2D eigenvalue weighted by atomic mass is 10.3. The molecule has 21 heavy (non-hydrogen) atoms. The van der Waals surface area contributed by atoms with Crippen LogP contribution in [-0.4, -0.2) is 18.4 Å². The van der Waals surface area contributed by atoms with Crippen LogP contribution in [0.15, 0.2) is 34.5 Å². The molecule has 2 aromatic heterocycles. The first-order chi connectivity index (χ1) is 9.98. The topological polar surface area (TPSA) is 74.8 Å². The van der Waals surface area contributed by atoms with Crippen molar-refractivity contribution in [2.24, 2.45) is 0 Å². The molecule has 110 valence electrons. The van der Waals surface area contributed by atoms with Gasteiger partial charge in [0.2, 0.25) is 0 Å². The Kier molecular flexibility index (Phi) is 3.46. The lowest BCUT2D eigenvalue weighted by molar-refractivity contribution is 0.603. The number of imidazole rings is 1. The van der Waals surface area contributed by atoms with Gasteiger partial charge in [0, 0.05) is 4.88 Å². The van der Waals surface area contributed by atoms with E-state index < -0.39 is 10.0 Å². The maximum Gasteiger partial charge on any atom is 0.271 e. The molecule has 0 spiro atoms. The number of hydrogen-bond acceptors (Lipinski definition) is 4. The number of aromatic amines is 1. The normalized spacial score (nSPS) is 11.9. The van der Waals surface area contributed by atoms with Crippen LogP contribution in [-0.2, 0) is 16.4 Å². The van der Waals surface area contributed by atoms with E-state index >= 15 is 0 Å². The second kappa shape index (κ2) is 5.16. The lowest BCUT2D eigenvalue weighted by Crippen LogP contribution is -2.11. The Morgan fingerprint density at radius 2 is 2.10 bits per heavy atom. The number of nitrogens with one attached hydrogen (secondary N) is 2. The summed E-state index contributed by atoms with van der Waals surface area (Å²) in [6, 6.07) is 8.75. The largest absolute Gasteiger partial charge is 0.342 e. The minimum atomic E-state index is -3.53. The fraction of sp³-hybridized carbons (Fsp3) is 0.214. The molecular formula is C14H15N3O2S2. The lowest BCUT2D eigenvalue weighted by Gasteiger charge is -2.06. The molecule has 0 atom stereocenters. The molecule has 0 saturated carbocycles. The molecule has 0 unspecified atom stereocenters. The number of hydrogen-bond donors (Lipinski definition) is 2. The van der Waals surface area contributed by atoms with Gasteiger partial charge in [-0.25, -0.2) is 13.4 Å². The Labute approximate surface area is 127 Å². The number of thiophene rings is 1. The molecule has 0 saturated heterocycles. The van der Waals surface area contributed by atoms with Crippen molar-refractivity contribution < 1.29 is 8.42 Å². The Balaban J connectivity index is 1.92. The van der Waals surface area contributed by atoms with Gasteiger partial charge in [-0.05, 0) is 43.7 Å². The molecule has 0 aliphatic carbocycles. The quantitative estimate of drug-likeness (QED) is 0.774. The average Bonchev–Trinajstić information content (AvgIpc) is 3.03. The standard InChI is InChI=1S/C14H15N3O2S2/c1-3-11-5-7-14(20-11)21(18,19)17-10-4-6-12-13(8-10)16-9(2)15-12/h4-8,17H,3H2,1-2H3,(H,15,16). The highest BCUT2D eigenvalue weighted by Crippen LogP contribution is 2.25. The van der Waals surface area contributed by atoms with Gasteiger partial charge < -0.3 is 4.98 Å². The number of rotatable bonds is 4. The van der Waals surface area contributed by atoms with Crippen LogP contribution in [0.5, 0.6) is 0 Å². The zero-order chi connectivity index (χ0) is 15.0. The third-order valence-corrected chi connectivity index (χ3v) is 6.21. The van der Waals surface area contributed by atoms with Crippen LogP contribution in [0.3, 0.4) is 0 Å². The number of sulfonamides is 1. The maximum atomic E-state index is 12.3. The van der Waals surface area contributed by atoms with Gasteiger partial charge in [-0.3, -0.25) is 4.72 Å². The van der Waals surface area contributed by atoms with Crippen LogP contribution in [0.25, 0.3) is 11.0 Å². The molecule has 0 radical (unpaired) electrons. The molecule has 0 bridgehead atoms. The molecular weight excluding hydrogens is 306 g/mol. The van der Waals surface area contributed by atoms with Crippen molar-refractivity contribution in [3.63, 3.8) is 0 Å². The van der Waals surface area contributed by atoms with Crippen LogP contribution in [0.2, 0.25) is 0 Å². The summed E-state index contributed by atoms with van der Waals surface area (Å²) < 4.78 is 27.6. The first kappa shape index (κ1) is 14.1. The zero-order valence-corrected chi connectivity index (χ0v) is 13.3. The molecule has 1 aromatic carbocycles. The summed E-state index contributed by atoms with van der Waals surface area (Å²) in [7, 11) is -3.53. The van der Waals surface area contributed by atoms with Gasteiger partial charge >= 0.3 is 0 Å². The molecule has 0 aliphatic rings. The van der Waals surface area contributed by atoms with E-state index in [0.29, 0.717) is 9.90 Å². The summed E-state index contributed by atoms with van der Waals surface area (Å²) in [4.78, 5) is 8.44. The van der Waals surface area contributed by atoms with Gasteiger partial charge in [0.05, 0.1) is 16.7 Å². The fourth-order valence-corrected chi connectivity index (χ4v) is 4.44. The fourth-order valence-electron chi connectivity index (χ4n) is 2.10. The minimum Gasteiger partial charge on any atom is -0.342 e. The molecule has 2 N–H and O–H groups in total. The highest BCUT2D eigenvalue weighted by molar-refractivity contribution is 7.94. The predicted octanol–water partition coefficient (Wildman–Crippen LogP) is 3.30. The number of anilines is 1. The van der Waals surface area contributed by atoms with E-state index in [9.17, 15) is 8.42 Å². The number of nitrogens with zero attached hydrogens (tertiary/aromatic N) is 1. The zero-order valence-electron chi connectivity index (χ0n) is 11.7. The highest BCUT2D eigenvalue weighted by atomic mass is 32.2. The first-order valence-electron chi connectivity index (χ1n) is 6.56. The van der Waals surface area contributed by atoms with Crippen LogP contribution >= 0.6 is 11.3 Å². The van der Waals surface area contributed by atoms with Gasteiger partial charge in [-0.1, -0.05) is 6.92 Å². The monoisotopic (exact) mass is 321 g/mol. The first-order valence-corrected chi connectivity index (χ1v) is 8.86. The second-order valence-electron chi connectivity index (χ2n) is 4.73. The molecule has 5 nitrogen and oxygen atoms in total. The van der Waals surface area contributed by atoms with Crippen LogP contribution in [0.4, 0.5) is 5.69 Å². The van der Waals surface area contributed by atoms with E-state index in [1.54, 1.807) is 24.3 Å². The molecule has 2 heterocycles. The number of aryl methyl sites for hydroxylation is 2. The van der Waals surface area contributed by atoms with Gasteiger partial charge in [-0.15, -0.1) is 11.3 Å². The Hall–Kier alpha value is -1.86. The third kappa shape index (κ3) is 2.79. The van der Waals surface area contributed by atoms with Crippen molar-refractivity contribution in [3.8, 4) is 0 Å². The SMILES string of the molecule is CCc1ccc(S(=O)(=O)Nc2ccc3nc(C)[nH]c3c2)s1. The molecule has 0 amide bonds. The molecule has 3 rings (SSSR count). The summed E-state index contributed by atoms with van der Waals surface area (Å²) >= 11 is 1.30. The highest BCUT2D eigenvalue weighted by Gasteiger charge is 2.17. The van der Waals surface area contributed by atoms with Crippen molar-refractivity contribution in [2.45, 2.75) is 24.5 Å². The maximum absolute atomic E-state index is 12.3. The smallest absolute Gasteiger partial charge is 0.271 e. The second-order valence-corrected chi connectivity index (χ2v) is 7.81. The summed E-state index contributed by atoms with van der Waals surface area (Å²) in [6.45, 7) is 3.87. The summed E-state index contributed by atoms with van der Waals surface area (Å²) in [6.07, 6.45) is 0.833. The van der Waals surface area contributed by atoms with Crippen LogP contribution in [0.1, 0.15) is 17.6 Å². The molecule has 0 fully saturated rings.